The summed E-state index contributed by atoms with van der Waals surface area (Å²) in [5, 5.41) is 2.91. The third kappa shape index (κ3) is 11.2. The van der Waals surface area contributed by atoms with Crippen LogP contribution in [-0.4, -0.2) is 56.7 Å². The predicted octanol–water partition coefficient (Wildman–Crippen LogP) is 4.91. The maximum atomic E-state index is 13.5. The van der Waals surface area contributed by atoms with E-state index in [2.05, 4.69) is 5.32 Å². The largest absolute Gasteiger partial charge is 0.464 e. The van der Waals surface area contributed by atoms with Gasteiger partial charge in [0.2, 0.25) is 0 Å². The number of carbonyl (C=O) groups excluding carboxylic acids is 3. The van der Waals surface area contributed by atoms with Gasteiger partial charge < -0.3 is 14.2 Å². The Kier molecular flexibility index (Phi) is 13.4. The summed E-state index contributed by atoms with van der Waals surface area (Å²) in [7, 11) is -4.12. The first-order valence-corrected chi connectivity index (χ1v) is 15.3. The van der Waals surface area contributed by atoms with Crippen LogP contribution in [0.4, 0.5) is 0 Å². The zero-order valence-electron chi connectivity index (χ0n) is 23.7. The molecule has 0 fully saturated rings. The van der Waals surface area contributed by atoms with Gasteiger partial charge in [-0.15, -0.1) is 0 Å². The Labute approximate surface area is 245 Å². The Morgan fingerprint density at radius 3 is 1.76 bits per heavy atom. The van der Waals surface area contributed by atoms with Gasteiger partial charge in [-0.2, -0.15) is 0 Å². The van der Waals surface area contributed by atoms with Crippen LogP contribution in [0.2, 0.25) is 0 Å². The summed E-state index contributed by atoms with van der Waals surface area (Å²) in [4.78, 5) is 36.9. The van der Waals surface area contributed by atoms with Crippen molar-refractivity contribution in [3.63, 3.8) is 0 Å². The van der Waals surface area contributed by atoms with Crippen LogP contribution in [0.15, 0.2) is 84.9 Å². The summed E-state index contributed by atoms with van der Waals surface area (Å²) in [6, 6.07) is 25.8. The van der Waals surface area contributed by atoms with Crippen LogP contribution in [0, 0.1) is 0 Å². The molecular formula is C31H36NO9P. The number of ether oxygens (including phenoxy) is 3. The van der Waals surface area contributed by atoms with E-state index in [0.29, 0.717) is 0 Å². The number of benzene rings is 3. The molecule has 0 saturated carbocycles. The van der Waals surface area contributed by atoms with Crippen molar-refractivity contribution in [1.82, 2.24) is 5.32 Å². The van der Waals surface area contributed by atoms with Crippen LogP contribution in [0.1, 0.15) is 25.0 Å². The van der Waals surface area contributed by atoms with Crippen LogP contribution in [0.3, 0.4) is 0 Å². The van der Waals surface area contributed by atoms with E-state index in [1.165, 1.54) is 0 Å². The van der Waals surface area contributed by atoms with Gasteiger partial charge in [0.25, 0.3) is 0 Å². The molecule has 0 radical (unpaired) electrons. The van der Waals surface area contributed by atoms with Gasteiger partial charge in [0.15, 0.2) is 13.2 Å². The lowest BCUT2D eigenvalue weighted by Crippen LogP contribution is -2.40. The Balaban J connectivity index is 1.75. The Morgan fingerprint density at radius 1 is 0.690 bits per heavy atom. The maximum Gasteiger partial charge on any atom is 0.345 e. The molecule has 3 aromatic rings. The van der Waals surface area contributed by atoms with Crippen molar-refractivity contribution in [2.45, 2.75) is 32.9 Å². The summed E-state index contributed by atoms with van der Waals surface area (Å²) >= 11 is 0. The van der Waals surface area contributed by atoms with Gasteiger partial charge in [-0.1, -0.05) is 84.9 Å². The van der Waals surface area contributed by atoms with E-state index in [0.717, 1.165) is 22.3 Å². The van der Waals surface area contributed by atoms with Crippen LogP contribution in [0.25, 0.3) is 11.1 Å². The molecule has 0 saturated heterocycles. The summed E-state index contributed by atoms with van der Waals surface area (Å²) < 4.78 is 39.3. The average molecular weight is 598 g/mol. The number of carbonyl (C=O) groups is 3. The van der Waals surface area contributed by atoms with Crippen molar-refractivity contribution in [1.29, 1.82) is 0 Å². The standard InChI is InChI=1S/C31H36NO9P/c1-3-37-29(33)21-40-42(36,41-22-30(34)38-4-2)23-32-28(31(35)39-20-25-11-7-5-8-12-25)19-24-15-17-27(18-16-24)26-13-9-6-10-14-26/h5-18,28,32H,3-4,19-23H2,1-2H3/t28-/m0/s1. The molecule has 0 unspecified atom stereocenters. The molecule has 1 atom stereocenters. The van der Waals surface area contributed by atoms with E-state index in [9.17, 15) is 18.9 Å². The smallest absolute Gasteiger partial charge is 0.345 e. The lowest BCUT2D eigenvalue weighted by Gasteiger charge is -2.22. The number of rotatable bonds is 17. The van der Waals surface area contributed by atoms with Gasteiger partial charge in [0, 0.05) is 0 Å². The minimum absolute atomic E-state index is 0.0428. The Bertz CT molecular complexity index is 1290. The second-order valence-corrected chi connectivity index (χ2v) is 11.1. The second kappa shape index (κ2) is 17.2. The Morgan fingerprint density at radius 2 is 1.21 bits per heavy atom. The van der Waals surface area contributed by atoms with Gasteiger partial charge >= 0.3 is 25.5 Å². The molecule has 42 heavy (non-hydrogen) atoms. The molecule has 0 aliphatic heterocycles. The van der Waals surface area contributed by atoms with Crippen LogP contribution in [0.5, 0.6) is 0 Å². The summed E-state index contributed by atoms with van der Waals surface area (Å²) in [5.41, 5.74) is 3.69. The summed E-state index contributed by atoms with van der Waals surface area (Å²) in [5.74, 6) is -2.10. The fourth-order valence-corrected chi connectivity index (χ4v) is 5.13. The molecule has 0 spiro atoms. The molecule has 3 rings (SSSR count). The van der Waals surface area contributed by atoms with E-state index in [4.69, 9.17) is 23.3 Å². The van der Waals surface area contributed by atoms with Crippen molar-refractivity contribution >= 4 is 25.5 Å². The number of esters is 3. The molecule has 0 aliphatic rings. The topological polar surface area (TPSA) is 126 Å². The van der Waals surface area contributed by atoms with Crippen molar-refractivity contribution in [3.05, 3.63) is 96.1 Å². The van der Waals surface area contributed by atoms with Gasteiger partial charge in [0.05, 0.1) is 19.5 Å². The van der Waals surface area contributed by atoms with Crippen molar-refractivity contribution in [2.24, 2.45) is 0 Å². The van der Waals surface area contributed by atoms with E-state index < -0.39 is 51.0 Å². The van der Waals surface area contributed by atoms with Crippen molar-refractivity contribution in [2.75, 3.05) is 32.7 Å². The van der Waals surface area contributed by atoms with E-state index in [1.807, 2.05) is 84.9 Å². The number of hydrogen-bond acceptors (Lipinski definition) is 10. The lowest BCUT2D eigenvalue weighted by molar-refractivity contribution is -0.148. The van der Waals surface area contributed by atoms with Gasteiger partial charge in [-0.05, 0) is 42.5 Å². The molecule has 0 bridgehead atoms. The molecule has 0 aromatic heterocycles. The highest BCUT2D eigenvalue weighted by atomic mass is 31.2. The molecule has 0 aliphatic carbocycles. The van der Waals surface area contributed by atoms with E-state index in [1.54, 1.807) is 13.8 Å². The fourth-order valence-electron chi connectivity index (χ4n) is 3.83. The van der Waals surface area contributed by atoms with Crippen LogP contribution < -0.4 is 5.32 Å². The summed E-state index contributed by atoms with van der Waals surface area (Å²) in [6.45, 7) is 2.16. The third-order valence-electron chi connectivity index (χ3n) is 5.91. The first kappa shape index (κ1) is 32.7. The number of hydrogen-bond donors (Lipinski definition) is 1. The minimum atomic E-state index is -4.12. The summed E-state index contributed by atoms with van der Waals surface area (Å²) in [6.07, 6.45) is -0.294. The molecular weight excluding hydrogens is 561 g/mol. The van der Waals surface area contributed by atoms with E-state index in [-0.39, 0.29) is 26.2 Å². The van der Waals surface area contributed by atoms with Crippen molar-refractivity contribution in [3.8, 4) is 11.1 Å². The van der Waals surface area contributed by atoms with Crippen LogP contribution in [-0.2, 0) is 55.2 Å². The second-order valence-electron chi connectivity index (χ2n) is 9.04. The molecule has 10 nitrogen and oxygen atoms in total. The zero-order valence-corrected chi connectivity index (χ0v) is 24.6. The van der Waals surface area contributed by atoms with Gasteiger partial charge in [-0.3, -0.25) is 23.7 Å². The quantitative estimate of drug-likeness (QED) is 0.130. The highest BCUT2D eigenvalue weighted by Gasteiger charge is 2.31. The molecule has 1 N–H and O–H groups in total. The normalized spacial score (nSPS) is 11.9. The lowest BCUT2D eigenvalue weighted by atomic mass is 10.0. The average Bonchev–Trinajstić information content (AvgIpc) is 3.01. The molecule has 0 amide bonds. The third-order valence-corrected chi connectivity index (χ3v) is 7.52. The molecule has 11 heteroatoms. The first-order valence-electron chi connectivity index (χ1n) is 13.6. The first-order chi connectivity index (χ1) is 20.3. The SMILES string of the molecule is CCOC(=O)COP(=O)(CN[C@@H](Cc1ccc(-c2ccccc2)cc1)C(=O)OCc1ccccc1)OCC(=O)OCC. The van der Waals surface area contributed by atoms with Crippen molar-refractivity contribution < 1.29 is 42.2 Å². The number of nitrogens with one attached hydrogen (secondary N) is 1. The minimum Gasteiger partial charge on any atom is -0.464 e. The maximum absolute atomic E-state index is 13.5. The zero-order chi connectivity index (χ0) is 30.2. The van der Waals surface area contributed by atoms with Crippen LogP contribution >= 0.6 is 7.60 Å². The monoisotopic (exact) mass is 597 g/mol. The highest BCUT2D eigenvalue weighted by molar-refractivity contribution is 7.53. The Hall–Kier alpha value is -3.82. The predicted molar refractivity (Wildman–Crippen MR) is 156 cm³/mol. The molecule has 224 valence electrons. The molecule has 3 aromatic carbocycles. The fraction of sp³-hybridized carbons (Fsp3) is 0.323. The highest BCUT2D eigenvalue weighted by Crippen LogP contribution is 2.47. The molecule has 0 heterocycles. The van der Waals surface area contributed by atoms with E-state index >= 15 is 0 Å². The van der Waals surface area contributed by atoms with Gasteiger partial charge in [-0.25, -0.2) is 9.59 Å². The van der Waals surface area contributed by atoms with Gasteiger partial charge in [0.1, 0.15) is 12.6 Å².